The van der Waals surface area contributed by atoms with Crippen LogP contribution in [0.5, 0.6) is 0 Å². The number of fused-ring (bicyclic) bond motifs is 6. The first-order chi connectivity index (χ1) is 32.0. The molecule has 2 aromatic heterocycles. The summed E-state index contributed by atoms with van der Waals surface area (Å²) in [5.41, 5.74) is 15.6. The smallest absolute Gasteiger partial charge is 0.0645 e. The van der Waals surface area contributed by atoms with E-state index in [4.69, 9.17) is 0 Å². The molecule has 0 spiro atoms. The van der Waals surface area contributed by atoms with Crippen molar-refractivity contribution in [1.29, 1.82) is 0 Å². The van der Waals surface area contributed by atoms with Gasteiger partial charge in [-0.25, -0.2) is 0 Å². The van der Waals surface area contributed by atoms with Crippen LogP contribution < -0.4 is 0 Å². The molecule has 0 aliphatic rings. The highest BCUT2D eigenvalue weighted by molar-refractivity contribution is 6.13. The second-order valence-electron chi connectivity index (χ2n) is 15.9. The summed E-state index contributed by atoms with van der Waals surface area (Å²) in [6.45, 7) is 0. The summed E-state index contributed by atoms with van der Waals surface area (Å²) in [5.74, 6) is 0. The fourth-order valence-corrected chi connectivity index (χ4v) is 9.31. The molecule has 10 aromatic carbocycles. The van der Waals surface area contributed by atoms with Gasteiger partial charge >= 0.3 is 0 Å². The Balaban J connectivity index is 1.09. The maximum absolute atomic E-state index is 10.00. The monoisotopic (exact) mass is 791 g/mol. The van der Waals surface area contributed by atoms with E-state index >= 15 is 0 Å². The largest absolute Gasteiger partial charge is 0.309 e. The van der Waals surface area contributed by atoms with Crippen molar-refractivity contribution in [1.82, 2.24) is 9.13 Å². The molecule has 0 fully saturated rings. The lowest BCUT2D eigenvalue weighted by Crippen LogP contribution is -1.94. The fourth-order valence-electron chi connectivity index (χ4n) is 9.31. The van der Waals surface area contributed by atoms with Crippen molar-refractivity contribution in [3.8, 4) is 67.0 Å². The van der Waals surface area contributed by atoms with Gasteiger partial charge in [0.15, 0.2) is 0 Å². The van der Waals surface area contributed by atoms with Crippen LogP contribution in [-0.4, -0.2) is 9.13 Å². The normalized spacial score (nSPS) is 12.2. The molecule has 2 nitrogen and oxygen atoms in total. The number of para-hydroxylation sites is 1. The molecule has 0 atom stereocenters. The van der Waals surface area contributed by atoms with Crippen molar-refractivity contribution in [2.75, 3.05) is 0 Å². The van der Waals surface area contributed by atoms with Gasteiger partial charge in [-0.05, 0) is 122 Å². The van der Waals surface area contributed by atoms with Gasteiger partial charge in [0.05, 0.1) is 26.2 Å². The van der Waals surface area contributed by atoms with Gasteiger partial charge in [-0.2, -0.15) is 0 Å². The van der Waals surface area contributed by atoms with Crippen LogP contribution in [0.4, 0.5) is 0 Å². The fraction of sp³-hybridized carbons (Fsp3) is 0. The zero-order chi connectivity index (χ0) is 43.6. The summed E-state index contributed by atoms with van der Waals surface area (Å²) in [5, 5.41) is 3.62. The lowest BCUT2D eigenvalue weighted by Gasteiger charge is -2.12. The van der Waals surface area contributed by atoms with Crippen molar-refractivity contribution >= 4 is 43.6 Å². The van der Waals surface area contributed by atoms with Crippen molar-refractivity contribution < 1.29 is 4.11 Å². The van der Waals surface area contributed by atoms with Gasteiger partial charge in [0.2, 0.25) is 0 Å². The number of rotatable bonds is 7. The van der Waals surface area contributed by atoms with E-state index in [-0.39, 0.29) is 18.1 Å². The molecule has 0 unspecified atom stereocenters. The second kappa shape index (κ2) is 14.8. The SMILES string of the molecule is [2H]c1c(-c2ccc3c(c2)c2cc(-c4ccccc4-c4ccccc4)ccc2n3-c2cccc(-c3ccccc3)c2)c([2H])c2c3ccccc3n(-c3cccc(-c4ccccc4)c3)c2c1[2H]. The van der Waals surface area contributed by atoms with Crippen LogP contribution in [0, 0.1) is 0 Å². The Bertz CT molecular complexity index is 3790. The first-order valence-corrected chi connectivity index (χ1v) is 21.1. The van der Waals surface area contributed by atoms with E-state index in [0.717, 1.165) is 94.2 Å². The van der Waals surface area contributed by atoms with Crippen LogP contribution in [0.15, 0.2) is 243 Å². The second-order valence-corrected chi connectivity index (χ2v) is 15.9. The molecule has 62 heavy (non-hydrogen) atoms. The summed E-state index contributed by atoms with van der Waals surface area (Å²) in [6, 6.07) is 78.3. The van der Waals surface area contributed by atoms with E-state index in [1.165, 1.54) is 0 Å². The van der Waals surface area contributed by atoms with Gasteiger partial charge in [-0.1, -0.05) is 176 Å². The molecule has 2 heteroatoms. The Labute approximate surface area is 365 Å². The molecule has 0 saturated heterocycles. The van der Waals surface area contributed by atoms with Gasteiger partial charge in [-0.3, -0.25) is 0 Å². The Hall–Kier alpha value is -8.20. The first kappa shape index (κ1) is 32.6. The third kappa shape index (κ3) is 6.04. The quantitative estimate of drug-likeness (QED) is 0.152. The lowest BCUT2D eigenvalue weighted by molar-refractivity contribution is 1.18. The van der Waals surface area contributed by atoms with Crippen molar-refractivity contribution in [3.05, 3.63) is 243 Å². The Kier molecular flexibility index (Phi) is 7.79. The molecule has 0 saturated carbocycles. The highest BCUT2D eigenvalue weighted by Crippen LogP contribution is 2.41. The van der Waals surface area contributed by atoms with Crippen LogP contribution in [-0.2, 0) is 0 Å². The third-order valence-electron chi connectivity index (χ3n) is 12.2. The van der Waals surface area contributed by atoms with Crippen LogP contribution in [0.25, 0.3) is 111 Å². The molecule has 12 aromatic rings. The topological polar surface area (TPSA) is 9.86 Å². The molecule has 2 heterocycles. The molecule has 0 N–H and O–H groups in total. The van der Waals surface area contributed by atoms with Gasteiger partial charge < -0.3 is 9.13 Å². The highest BCUT2D eigenvalue weighted by Gasteiger charge is 2.18. The number of hydrogen-bond donors (Lipinski definition) is 0. The predicted molar refractivity (Wildman–Crippen MR) is 262 cm³/mol. The predicted octanol–water partition coefficient (Wildman–Crippen LogP) is 16.2. The zero-order valence-corrected chi connectivity index (χ0v) is 33.8. The maximum Gasteiger partial charge on any atom is 0.0645 e. The Morgan fingerprint density at radius 3 is 1.34 bits per heavy atom. The number of nitrogens with zero attached hydrogens (tertiary/aromatic N) is 2. The first-order valence-electron chi connectivity index (χ1n) is 22.6. The summed E-state index contributed by atoms with van der Waals surface area (Å²) in [7, 11) is 0. The molecule has 0 aliphatic heterocycles. The van der Waals surface area contributed by atoms with Crippen LogP contribution >= 0.6 is 0 Å². The van der Waals surface area contributed by atoms with Crippen LogP contribution in [0.2, 0.25) is 0 Å². The maximum atomic E-state index is 10.00. The van der Waals surface area contributed by atoms with E-state index < -0.39 is 0 Å². The number of aromatic nitrogens is 2. The minimum Gasteiger partial charge on any atom is -0.309 e. The minimum absolute atomic E-state index is 0.0295. The molecule has 12 rings (SSSR count). The highest BCUT2D eigenvalue weighted by atomic mass is 15.0. The molecular weight excluding hydrogens is 749 g/mol. The zero-order valence-electron chi connectivity index (χ0n) is 36.8. The summed E-state index contributed by atoms with van der Waals surface area (Å²) in [6.07, 6.45) is 0. The Morgan fingerprint density at radius 2 is 0.710 bits per heavy atom. The Morgan fingerprint density at radius 1 is 0.258 bits per heavy atom. The summed E-state index contributed by atoms with van der Waals surface area (Å²) >= 11 is 0. The average molecular weight is 792 g/mol. The van der Waals surface area contributed by atoms with Crippen molar-refractivity contribution in [2.24, 2.45) is 0 Å². The average Bonchev–Trinajstić information content (AvgIpc) is 3.90. The molecule has 0 amide bonds. The van der Waals surface area contributed by atoms with Crippen LogP contribution in [0.1, 0.15) is 4.11 Å². The van der Waals surface area contributed by atoms with E-state index in [1.54, 1.807) is 0 Å². The standard InChI is InChI=1S/C60H40N2/c1-4-16-41(17-5-1)44-22-14-24-49(36-44)61-57-29-13-12-28-53(57)54-38-46(30-33-58(54)61)47-31-34-59-55(39-47)56-40-48(52-27-11-10-26-51(52)43-20-8-3-9-21-43)32-35-60(56)62(59)50-25-15-23-45(37-50)42-18-6-2-7-19-42/h1-40H/i30D,33D,38D. The molecule has 0 radical (unpaired) electrons. The molecule has 0 aliphatic carbocycles. The van der Waals surface area contributed by atoms with E-state index in [9.17, 15) is 4.11 Å². The molecular formula is C60H40N2. The molecule has 290 valence electrons. The van der Waals surface area contributed by atoms with Gasteiger partial charge in [0.25, 0.3) is 0 Å². The number of benzene rings is 10. The van der Waals surface area contributed by atoms with Crippen molar-refractivity contribution in [3.63, 3.8) is 0 Å². The van der Waals surface area contributed by atoms with E-state index in [0.29, 0.717) is 16.5 Å². The van der Waals surface area contributed by atoms with Crippen molar-refractivity contribution in [2.45, 2.75) is 0 Å². The minimum atomic E-state index is 0.0295. The lowest BCUT2D eigenvalue weighted by atomic mass is 9.93. The third-order valence-corrected chi connectivity index (χ3v) is 12.2. The van der Waals surface area contributed by atoms with Gasteiger partial charge in [0.1, 0.15) is 0 Å². The molecule has 0 bridgehead atoms. The summed E-state index contributed by atoms with van der Waals surface area (Å²) < 4.78 is 33.8. The van der Waals surface area contributed by atoms with Gasteiger partial charge in [0, 0.05) is 32.9 Å². The van der Waals surface area contributed by atoms with E-state index in [1.807, 2.05) is 72.8 Å². The van der Waals surface area contributed by atoms with E-state index in [2.05, 4.69) is 161 Å². The number of hydrogen-bond acceptors (Lipinski definition) is 0. The van der Waals surface area contributed by atoms with Gasteiger partial charge in [-0.15, -0.1) is 0 Å². The van der Waals surface area contributed by atoms with Crippen LogP contribution in [0.3, 0.4) is 0 Å². The summed E-state index contributed by atoms with van der Waals surface area (Å²) in [4.78, 5) is 0.